The number of carboxylic acids is 1. The van der Waals surface area contributed by atoms with Gasteiger partial charge >= 0.3 is 12.0 Å². The highest BCUT2D eigenvalue weighted by Crippen LogP contribution is 2.31. The topological polar surface area (TPSA) is 78.4 Å². The second-order valence-electron chi connectivity index (χ2n) is 5.43. The molecule has 2 rings (SSSR count). The Morgan fingerprint density at radius 1 is 1.38 bits per heavy atom. The van der Waals surface area contributed by atoms with Gasteiger partial charge in [-0.25, -0.2) is 9.18 Å². The average molecular weight is 294 g/mol. The summed E-state index contributed by atoms with van der Waals surface area (Å²) in [5, 5.41) is 14.3. The Kier molecular flexibility index (Phi) is 4.77. The molecule has 21 heavy (non-hydrogen) atoms. The Morgan fingerprint density at radius 2 is 2.14 bits per heavy atom. The highest BCUT2D eigenvalue weighted by molar-refractivity contribution is 5.90. The first-order valence-corrected chi connectivity index (χ1v) is 7.01. The predicted molar refractivity (Wildman–Crippen MR) is 76.6 cm³/mol. The van der Waals surface area contributed by atoms with Crippen molar-refractivity contribution in [1.82, 2.24) is 5.32 Å². The standard InChI is InChI=1S/C15H19FN2O3/c1-9-5-6-11(16)7-13(9)18-15(21)17-8-10-3-2-4-12(10)14(19)20/h5-7,10,12H,2-4,8H2,1H3,(H,19,20)(H2,17,18,21). The van der Waals surface area contributed by atoms with E-state index in [0.717, 1.165) is 18.4 Å². The number of aryl methyl sites for hydroxylation is 1. The van der Waals surface area contributed by atoms with Crippen LogP contribution in [0.2, 0.25) is 0 Å². The van der Waals surface area contributed by atoms with Crippen LogP contribution in [0.5, 0.6) is 0 Å². The third kappa shape index (κ3) is 3.93. The van der Waals surface area contributed by atoms with E-state index in [2.05, 4.69) is 10.6 Å². The quantitative estimate of drug-likeness (QED) is 0.799. The van der Waals surface area contributed by atoms with Crippen LogP contribution in [0.15, 0.2) is 18.2 Å². The largest absolute Gasteiger partial charge is 0.481 e. The van der Waals surface area contributed by atoms with Crippen LogP contribution in [0, 0.1) is 24.6 Å². The van der Waals surface area contributed by atoms with Gasteiger partial charge in [0.1, 0.15) is 5.82 Å². The first-order valence-electron chi connectivity index (χ1n) is 7.01. The lowest BCUT2D eigenvalue weighted by atomic mass is 9.96. The number of hydrogen-bond acceptors (Lipinski definition) is 2. The van der Waals surface area contributed by atoms with Gasteiger partial charge in [0.05, 0.1) is 5.92 Å². The fourth-order valence-electron chi connectivity index (χ4n) is 2.73. The van der Waals surface area contributed by atoms with Crippen molar-refractivity contribution in [2.75, 3.05) is 11.9 Å². The van der Waals surface area contributed by atoms with E-state index in [1.807, 2.05) is 0 Å². The molecule has 2 atom stereocenters. The number of nitrogens with one attached hydrogen (secondary N) is 2. The zero-order valence-electron chi connectivity index (χ0n) is 11.9. The molecule has 0 aromatic heterocycles. The molecular formula is C15H19FN2O3. The molecule has 1 saturated carbocycles. The number of benzene rings is 1. The Labute approximate surface area is 122 Å². The van der Waals surface area contributed by atoms with Crippen LogP contribution in [-0.4, -0.2) is 23.7 Å². The highest BCUT2D eigenvalue weighted by atomic mass is 19.1. The van der Waals surface area contributed by atoms with Gasteiger partial charge in [0.2, 0.25) is 0 Å². The Morgan fingerprint density at radius 3 is 2.86 bits per heavy atom. The van der Waals surface area contributed by atoms with E-state index >= 15 is 0 Å². The molecule has 0 saturated heterocycles. The lowest BCUT2D eigenvalue weighted by Crippen LogP contribution is -2.35. The Balaban J connectivity index is 1.87. The summed E-state index contributed by atoms with van der Waals surface area (Å²) in [6.45, 7) is 2.09. The van der Waals surface area contributed by atoms with Crippen molar-refractivity contribution >= 4 is 17.7 Å². The smallest absolute Gasteiger partial charge is 0.319 e. The minimum absolute atomic E-state index is 0.0399. The van der Waals surface area contributed by atoms with Crippen LogP contribution in [0.1, 0.15) is 24.8 Å². The fraction of sp³-hybridized carbons (Fsp3) is 0.467. The van der Waals surface area contributed by atoms with Crippen molar-refractivity contribution in [3.63, 3.8) is 0 Å². The molecule has 1 aromatic carbocycles. The number of amides is 2. The molecule has 0 radical (unpaired) electrons. The minimum Gasteiger partial charge on any atom is -0.481 e. The number of anilines is 1. The summed E-state index contributed by atoms with van der Waals surface area (Å²) in [5.41, 5.74) is 1.17. The maximum absolute atomic E-state index is 13.1. The molecule has 2 amide bonds. The van der Waals surface area contributed by atoms with Gasteiger partial charge < -0.3 is 15.7 Å². The van der Waals surface area contributed by atoms with Gasteiger partial charge in [0, 0.05) is 12.2 Å². The van der Waals surface area contributed by atoms with Crippen molar-refractivity contribution < 1.29 is 19.1 Å². The molecule has 1 fully saturated rings. The number of aliphatic carboxylic acids is 1. The minimum atomic E-state index is -0.805. The second kappa shape index (κ2) is 6.56. The molecule has 5 nitrogen and oxygen atoms in total. The van der Waals surface area contributed by atoms with Crippen LogP contribution >= 0.6 is 0 Å². The first-order chi connectivity index (χ1) is 9.97. The predicted octanol–water partition coefficient (Wildman–Crippen LogP) is 2.76. The fourth-order valence-corrected chi connectivity index (χ4v) is 2.73. The van der Waals surface area contributed by atoms with E-state index in [0.29, 0.717) is 18.7 Å². The molecule has 6 heteroatoms. The number of urea groups is 1. The molecule has 2 unspecified atom stereocenters. The van der Waals surface area contributed by atoms with Gasteiger partial charge in [-0.1, -0.05) is 12.5 Å². The van der Waals surface area contributed by atoms with Gasteiger partial charge in [-0.2, -0.15) is 0 Å². The molecular weight excluding hydrogens is 275 g/mol. The summed E-state index contributed by atoms with van der Waals surface area (Å²) >= 11 is 0. The second-order valence-corrected chi connectivity index (χ2v) is 5.43. The maximum atomic E-state index is 13.1. The number of rotatable bonds is 4. The average Bonchev–Trinajstić information content (AvgIpc) is 2.89. The van der Waals surface area contributed by atoms with Gasteiger partial charge in [-0.05, 0) is 43.4 Å². The molecule has 0 heterocycles. The molecule has 1 aliphatic rings. The summed E-state index contributed by atoms with van der Waals surface area (Å²) in [6, 6.07) is 3.72. The lowest BCUT2D eigenvalue weighted by molar-refractivity contribution is -0.142. The molecule has 3 N–H and O–H groups in total. The van der Waals surface area contributed by atoms with Crippen LogP contribution < -0.4 is 10.6 Å². The number of halogens is 1. The normalized spacial score (nSPS) is 21.0. The third-order valence-electron chi connectivity index (χ3n) is 3.95. The van der Waals surface area contributed by atoms with E-state index in [9.17, 15) is 14.0 Å². The number of carboxylic acid groups (broad SMARTS) is 1. The summed E-state index contributed by atoms with van der Waals surface area (Å²) in [4.78, 5) is 22.9. The van der Waals surface area contributed by atoms with Gasteiger partial charge in [-0.15, -0.1) is 0 Å². The summed E-state index contributed by atoms with van der Waals surface area (Å²) in [5.74, 6) is -1.65. The summed E-state index contributed by atoms with van der Waals surface area (Å²) < 4.78 is 13.1. The van der Waals surface area contributed by atoms with E-state index < -0.39 is 17.8 Å². The number of carbonyl (C=O) groups is 2. The van der Waals surface area contributed by atoms with Crippen molar-refractivity contribution in [2.45, 2.75) is 26.2 Å². The van der Waals surface area contributed by atoms with Gasteiger partial charge in [0.15, 0.2) is 0 Å². The summed E-state index contributed by atoms with van der Waals surface area (Å²) in [6.07, 6.45) is 2.33. The van der Waals surface area contributed by atoms with Crippen molar-refractivity contribution in [3.8, 4) is 0 Å². The van der Waals surface area contributed by atoms with E-state index in [4.69, 9.17) is 5.11 Å². The SMILES string of the molecule is Cc1ccc(F)cc1NC(=O)NCC1CCCC1C(=O)O. The number of carbonyl (C=O) groups excluding carboxylic acids is 1. The van der Waals surface area contributed by atoms with Gasteiger partial charge in [0.25, 0.3) is 0 Å². The van der Waals surface area contributed by atoms with Crippen LogP contribution in [0.25, 0.3) is 0 Å². The van der Waals surface area contributed by atoms with E-state index in [-0.39, 0.29) is 11.8 Å². The molecule has 1 aliphatic carbocycles. The molecule has 0 bridgehead atoms. The molecule has 0 spiro atoms. The van der Waals surface area contributed by atoms with Crippen molar-refractivity contribution in [3.05, 3.63) is 29.6 Å². The summed E-state index contributed by atoms with van der Waals surface area (Å²) in [7, 11) is 0. The molecule has 114 valence electrons. The van der Waals surface area contributed by atoms with Crippen molar-refractivity contribution in [2.24, 2.45) is 11.8 Å². The van der Waals surface area contributed by atoms with Crippen LogP contribution in [-0.2, 0) is 4.79 Å². The zero-order valence-corrected chi connectivity index (χ0v) is 11.9. The Hall–Kier alpha value is -2.11. The van der Waals surface area contributed by atoms with Gasteiger partial charge in [-0.3, -0.25) is 4.79 Å². The maximum Gasteiger partial charge on any atom is 0.319 e. The molecule has 1 aromatic rings. The zero-order chi connectivity index (χ0) is 15.4. The first kappa shape index (κ1) is 15.3. The van der Waals surface area contributed by atoms with E-state index in [1.54, 1.807) is 13.0 Å². The monoisotopic (exact) mass is 294 g/mol. The molecule has 0 aliphatic heterocycles. The third-order valence-corrected chi connectivity index (χ3v) is 3.95. The van der Waals surface area contributed by atoms with E-state index in [1.165, 1.54) is 12.1 Å². The Bertz CT molecular complexity index is 548. The van der Waals surface area contributed by atoms with Crippen LogP contribution in [0.4, 0.5) is 14.9 Å². The highest BCUT2D eigenvalue weighted by Gasteiger charge is 2.32. The lowest BCUT2D eigenvalue weighted by Gasteiger charge is -2.17. The van der Waals surface area contributed by atoms with Crippen LogP contribution in [0.3, 0.4) is 0 Å². The van der Waals surface area contributed by atoms with Crippen molar-refractivity contribution in [1.29, 1.82) is 0 Å². The number of hydrogen-bond donors (Lipinski definition) is 3.